The van der Waals surface area contributed by atoms with Crippen LogP contribution >= 0.6 is 0 Å². The summed E-state index contributed by atoms with van der Waals surface area (Å²) >= 11 is 0. The summed E-state index contributed by atoms with van der Waals surface area (Å²) in [4.78, 5) is 22.2. The van der Waals surface area contributed by atoms with Gasteiger partial charge in [0.1, 0.15) is 5.78 Å². The Morgan fingerprint density at radius 3 is 2.09 bits per heavy atom. The first kappa shape index (κ1) is 20.2. The summed E-state index contributed by atoms with van der Waals surface area (Å²) in [7, 11) is 0. The van der Waals surface area contributed by atoms with E-state index in [1.165, 1.54) is 44.9 Å². The van der Waals surface area contributed by atoms with Gasteiger partial charge in [-0.25, -0.2) is 0 Å². The number of ketones is 1. The van der Waals surface area contributed by atoms with Gasteiger partial charge in [-0.05, 0) is 25.2 Å². The largest absolute Gasteiger partial charge is 0.481 e. The predicted molar refractivity (Wildman–Crippen MR) is 94.6 cm³/mol. The van der Waals surface area contributed by atoms with Crippen LogP contribution in [0.1, 0.15) is 103 Å². The molecule has 0 aromatic rings. The molecule has 0 bridgehead atoms. The maximum Gasteiger partial charge on any atom is 0.303 e. The average Bonchev–Trinajstić information content (AvgIpc) is 2.51. The second-order valence-electron chi connectivity index (χ2n) is 7.29. The third-order valence-corrected chi connectivity index (χ3v) is 5.28. The SMILES string of the molecule is CCCCCCCCC1CC(=O)C1CCCCCCCC(=O)O. The molecule has 0 amide bonds. The molecule has 1 rings (SSSR count). The van der Waals surface area contributed by atoms with Crippen LogP contribution in [0.2, 0.25) is 0 Å². The fourth-order valence-corrected chi connectivity index (χ4v) is 3.71. The maximum atomic E-state index is 11.8. The number of hydrogen-bond donors (Lipinski definition) is 1. The summed E-state index contributed by atoms with van der Waals surface area (Å²) in [6.45, 7) is 2.25. The van der Waals surface area contributed by atoms with Crippen LogP contribution in [0.3, 0.4) is 0 Å². The quantitative estimate of drug-likeness (QED) is 0.390. The van der Waals surface area contributed by atoms with Crippen LogP contribution in [-0.2, 0) is 9.59 Å². The van der Waals surface area contributed by atoms with E-state index in [4.69, 9.17) is 5.11 Å². The van der Waals surface area contributed by atoms with E-state index in [1.807, 2.05) is 0 Å². The highest BCUT2D eigenvalue weighted by atomic mass is 16.4. The van der Waals surface area contributed by atoms with Gasteiger partial charge in [-0.2, -0.15) is 0 Å². The molecular formula is C20H36O3. The molecule has 0 spiro atoms. The molecule has 0 heterocycles. The van der Waals surface area contributed by atoms with Gasteiger partial charge in [-0.3, -0.25) is 9.59 Å². The number of aliphatic carboxylic acids is 1. The minimum absolute atomic E-state index is 0.293. The Bertz CT molecular complexity index is 338. The summed E-state index contributed by atoms with van der Waals surface area (Å²) in [6.07, 6.45) is 16.6. The van der Waals surface area contributed by atoms with Crippen molar-refractivity contribution >= 4 is 11.8 Å². The van der Waals surface area contributed by atoms with Crippen molar-refractivity contribution in [2.75, 3.05) is 0 Å². The molecule has 0 radical (unpaired) electrons. The zero-order valence-electron chi connectivity index (χ0n) is 15.0. The van der Waals surface area contributed by atoms with Crippen molar-refractivity contribution in [3.63, 3.8) is 0 Å². The summed E-state index contributed by atoms with van der Waals surface area (Å²) < 4.78 is 0. The molecule has 3 nitrogen and oxygen atoms in total. The highest BCUT2D eigenvalue weighted by Crippen LogP contribution is 2.38. The van der Waals surface area contributed by atoms with Crippen LogP contribution in [0.15, 0.2) is 0 Å². The zero-order chi connectivity index (χ0) is 16.9. The van der Waals surface area contributed by atoms with Crippen LogP contribution in [0.5, 0.6) is 0 Å². The smallest absolute Gasteiger partial charge is 0.303 e. The third-order valence-electron chi connectivity index (χ3n) is 5.28. The van der Waals surface area contributed by atoms with Crippen LogP contribution in [0, 0.1) is 11.8 Å². The van der Waals surface area contributed by atoms with Gasteiger partial charge < -0.3 is 5.11 Å². The second-order valence-corrected chi connectivity index (χ2v) is 7.29. The van der Waals surface area contributed by atoms with Gasteiger partial charge in [0.15, 0.2) is 0 Å². The van der Waals surface area contributed by atoms with Crippen molar-refractivity contribution in [3.05, 3.63) is 0 Å². The van der Waals surface area contributed by atoms with Crippen LogP contribution in [0.25, 0.3) is 0 Å². The van der Waals surface area contributed by atoms with Crippen molar-refractivity contribution in [2.24, 2.45) is 11.8 Å². The topological polar surface area (TPSA) is 54.4 Å². The molecule has 2 unspecified atom stereocenters. The monoisotopic (exact) mass is 324 g/mol. The Labute approximate surface area is 142 Å². The van der Waals surface area contributed by atoms with Crippen molar-refractivity contribution in [1.29, 1.82) is 0 Å². The minimum Gasteiger partial charge on any atom is -0.481 e. The Morgan fingerprint density at radius 1 is 0.913 bits per heavy atom. The van der Waals surface area contributed by atoms with E-state index in [9.17, 15) is 9.59 Å². The number of carbonyl (C=O) groups excluding carboxylic acids is 1. The first-order valence-corrected chi connectivity index (χ1v) is 9.89. The molecule has 3 heteroatoms. The molecule has 1 aliphatic carbocycles. The standard InChI is InChI=1S/C20H36O3/c1-2-3-4-5-7-10-13-17-16-19(21)18(17)14-11-8-6-9-12-15-20(22)23/h17-18H,2-16H2,1H3,(H,22,23). The first-order valence-electron chi connectivity index (χ1n) is 9.89. The Balaban J connectivity index is 1.97. The molecule has 134 valence electrons. The molecule has 23 heavy (non-hydrogen) atoms. The molecule has 1 N–H and O–H groups in total. The molecular weight excluding hydrogens is 288 g/mol. The van der Waals surface area contributed by atoms with Crippen LogP contribution in [-0.4, -0.2) is 16.9 Å². The lowest BCUT2D eigenvalue weighted by Gasteiger charge is -2.35. The number of hydrogen-bond acceptors (Lipinski definition) is 2. The molecule has 1 saturated carbocycles. The van der Waals surface area contributed by atoms with Gasteiger partial charge in [0, 0.05) is 18.8 Å². The molecule has 0 aromatic heterocycles. The first-order chi connectivity index (χ1) is 11.1. The van der Waals surface area contributed by atoms with Gasteiger partial charge in [-0.15, -0.1) is 0 Å². The number of carboxylic acid groups (broad SMARTS) is 1. The molecule has 0 aromatic carbocycles. The van der Waals surface area contributed by atoms with Crippen LogP contribution in [0.4, 0.5) is 0 Å². The lowest BCUT2D eigenvalue weighted by Crippen LogP contribution is -2.37. The lowest BCUT2D eigenvalue weighted by molar-refractivity contribution is -0.137. The number of carboxylic acids is 1. The molecule has 1 fully saturated rings. The van der Waals surface area contributed by atoms with Crippen molar-refractivity contribution in [1.82, 2.24) is 0 Å². The van der Waals surface area contributed by atoms with Crippen LogP contribution < -0.4 is 0 Å². The Kier molecular flexibility index (Phi) is 11.0. The summed E-state index contributed by atoms with van der Waals surface area (Å²) in [5.74, 6) is 0.819. The third kappa shape index (κ3) is 9.12. The second kappa shape index (κ2) is 12.5. The molecule has 1 aliphatic rings. The fraction of sp³-hybridized carbons (Fsp3) is 0.900. The predicted octanol–water partition coefficient (Wildman–Crippen LogP) is 5.76. The number of Topliss-reactive ketones (excluding diaryl/α,β-unsaturated/α-hetero) is 1. The van der Waals surface area contributed by atoms with E-state index in [1.54, 1.807) is 0 Å². The highest BCUT2D eigenvalue weighted by molar-refractivity contribution is 5.87. The molecule has 2 atom stereocenters. The van der Waals surface area contributed by atoms with E-state index < -0.39 is 5.97 Å². The highest BCUT2D eigenvalue weighted by Gasteiger charge is 2.37. The maximum absolute atomic E-state index is 11.8. The summed E-state index contributed by atoms with van der Waals surface area (Å²) in [5, 5.41) is 8.58. The van der Waals surface area contributed by atoms with E-state index in [2.05, 4.69) is 6.92 Å². The Hall–Kier alpha value is -0.860. The molecule has 0 aliphatic heterocycles. The average molecular weight is 325 g/mol. The fourth-order valence-electron chi connectivity index (χ4n) is 3.71. The van der Waals surface area contributed by atoms with E-state index in [-0.39, 0.29) is 0 Å². The number of carbonyl (C=O) groups is 2. The summed E-state index contributed by atoms with van der Waals surface area (Å²) in [6, 6.07) is 0. The van der Waals surface area contributed by atoms with Crippen molar-refractivity contribution < 1.29 is 14.7 Å². The van der Waals surface area contributed by atoms with E-state index in [0.29, 0.717) is 24.0 Å². The Morgan fingerprint density at radius 2 is 1.48 bits per heavy atom. The number of unbranched alkanes of at least 4 members (excludes halogenated alkanes) is 9. The normalized spacial score (nSPS) is 20.5. The van der Waals surface area contributed by atoms with Gasteiger partial charge in [0.25, 0.3) is 0 Å². The van der Waals surface area contributed by atoms with E-state index >= 15 is 0 Å². The minimum atomic E-state index is -0.692. The van der Waals surface area contributed by atoms with Crippen molar-refractivity contribution in [3.8, 4) is 0 Å². The summed E-state index contributed by atoms with van der Waals surface area (Å²) in [5.41, 5.74) is 0. The van der Waals surface area contributed by atoms with Gasteiger partial charge in [0.2, 0.25) is 0 Å². The van der Waals surface area contributed by atoms with Gasteiger partial charge in [0.05, 0.1) is 0 Å². The van der Waals surface area contributed by atoms with E-state index in [0.717, 1.165) is 44.9 Å². The van der Waals surface area contributed by atoms with Crippen molar-refractivity contribution in [2.45, 2.75) is 103 Å². The number of rotatable bonds is 15. The van der Waals surface area contributed by atoms with Gasteiger partial charge in [-0.1, -0.05) is 71.1 Å². The van der Waals surface area contributed by atoms with Gasteiger partial charge >= 0.3 is 5.97 Å². The molecule has 0 saturated heterocycles. The zero-order valence-corrected chi connectivity index (χ0v) is 15.0. The lowest BCUT2D eigenvalue weighted by atomic mass is 9.68.